The van der Waals surface area contributed by atoms with Crippen LogP contribution in [0.15, 0.2) is 29.0 Å². The zero-order valence-corrected chi connectivity index (χ0v) is 13.0. The van der Waals surface area contributed by atoms with Crippen LogP contribution in [0.2, 0.25) is 5.02 Å². The van der Waals surface area contributed by atoms with E-state index in [9.17, 15) is 4.39 Å². The molecule has 2 rings (SSSR count). The summed E-state index contributed by atoms with van der Waals surface area (Å²) in [5.41, 5.74) is 0.647. The predicted octanol–water partition coefficient (Wildman–Crippen LogP) is 4.04. The molecule has 0 saturated carbocycles. The standard InChI is InChI=1S/C13H12BrClFN3O/c1-2-17-13-6-18-8(5-19-13)7-20-12-4-11(16)10(15)3-9(12)14/h3-6H,2,7H2,1H3,(H,17,19). The Hall–Kier alpha value is -1.40. The van der Waals surface area contributed by atoms with Gasteiger partial charge in [-0.1, -0.05) is 11.6 Å². The lowest BCUT2D eigenvalue weighted by molar-refractivity contribution is 0.297. The molecule has 0 unspecified atom stereocenters. The maximum absolute atomic E-state index is 13.4. The molecule has 0 fully saturated rings. The largest absolute Gasteiger partial charge is 0.486 e. The Labute approximate surface area is 129 Å². The topological polar surface area (TPSA) is 47.0 Å². The fraction of sp³-hybridized carbons (Fsp3) is 0.231. The molecular weight excluding hydrogens is 349 g/mol. The molecule has 20 heavy (non-hydrogen) atoms. The van der Waals surface area contributed by atoms with Gasteiger partial charge >= 0.3 is 0 Å². The van der Waals surface area contributed by atoms with Crippen LogP contribution in [0.25, 0.3) is 0 Å². The Morgan fingerprint density at radius 3 is 2.80 bits per heavy atom. The molecule has 7 heteroatoms. The Bertz CT molecular complexity index is 595. The molecule has 0 bridgehead atoms. The van der Waals surface area contributed by atoms with Crippen molar-refractivity contribution in [1.82, 2.24) is 9.97 Å². The van der Waals surface area contributed by atoms with Gasteiger partial charge in [0, 0.05) is 12.6 Å². The van der Waals surface area contributed by atoms with Crippen LogP contribution in [0.3, 0.4) is 0 Å². The average Bonchev–Trinajstić information content (AvgIpc) is 2.43. The van der Waals surface area contributed by atoms with Crippen LogP contribution in [0.5, 0.6) is 5.75 Å². The number of anilines is 1. The molecule has 1 N–H and O–H groups in total. The van der Waals surface area contributed by atoms with Gasteiger partial charge in [0.1, 0.15) is 24.0 Å². The van der Waals surface area contributed by atoms with Crippen molar-refractivity contribution < 1.29 is 9.13 Å². The molecule has 0 aliphatic carbocycles. The van der Waals surface area contributed by atoms with Gasteiger partial charge in [-0.3, -0.25) is 4.98 Å². The van der Waals surface area contributed by atoms with Crippen LogP contribution in [0.4, 0.5) is 10.2 Å². The molecule has 0 amide bonds. The zero-order valence-electron chi connectivity index (χ0n) is 10.7. The first kappa shape index (κ1) is 15.0. The molecule has 1 aromatic carbocycles. The highest BCUT2D eigenvalue weighted by Gasteiger charge is 2.08. The maximum Gasteiger partial charge on any atom is 0.145 e. The lowest BCUT2D eigenvalue weighted by Gasteiger charge is -2.09. The van der Waals surface area contributed by atoms with Crippen molar-refractivity contribution >= 4 is 33.3 Å². The maximum atomic E-state index is 13.4. The Morgan fingerprint density at radius 2 is 2.15 bits per heavy atom. The molecule has 0 aliphatic rings. The van der Waals surface area contributed by atoms with Crippen LogP contribution >= 0.6 is 27.5 Å². The number of nitrogens with one attached hydrogen (secondary N) is 1. The summed E-state index contributed by atoms with van der Waals surface area (Å²) >= 11 is 8.93. The lowest BCUT2D eigenvalue weighted by Crippen LogP contribution is -2.03. The van der Waals surface area contributed by atoms with Crippen LogP contribution in [0.1, 0.15) is 12.6 Å². The van der Waals surface area contributed by atoms with E-state index in [2.05, 4.69) is 31.2 Å². The first-order chi connectivity index (χ1) is 9.60. The summed E-state index contributed by atoms with van der Waals surface area (Å²) in [7, 11) is 0. The van der Waals surface area contributed by atoms with Crippen molar-refractivity contribution in [1.29, 1.82) is 0 Å². The minimum Gasteiger partial charge on any atom is -0.486 e. The summed E-state index contributed by atoms with van der Waals surface area (Å²) in [5.74, 6) is 0.540. The number of hydrogen-bond acceptors (Lipinski definition) is 4. The van der Waals surface area contributed by atoms with Gasteiger partial charge in [0.05, 0.1) is 27.6 Å². The van der Waals surface area contributed by atoms with E-state index in [-0.39, 0.29) is 11.6 Å². The molecule has 0 aliphatic heterocycles. The van der Waals surface area contributed by atoms with Crippen LogP contribution in [-0.2, 0) is 6.61 Å². The van der Waals surface area contributed by atoms with E-state index in [0.717, 1.165) is 6.54 Å². The number of benzene rings is 1. The number of halogens is 3. The first-order valence-corrected chi connectivity index (χ1v) is 7.09. The second-order valence-electron chi connectivity index (χ2n) is 3.91. The Kier molecular flexibility index (Phi) is 5.14. The molecule has 106 valence electrons. The minimum absolute atomic E-state index is 0.0407. The molecule has 0 saturated heterocycles. The van der Waals surface area contributed by atoms with E-state index in [1.807, 2.05) is 6.92 Å². The first-order valence-electron chi connectivity index (χ1n) is 5.92. The molecule has 2 aromatic rings. The fourth-order valence-electron chi connectivity index (χ4n) is 1.47. The van der Waals surface area contributed by atoms with Crippen molar-refractivity contribution in [2.75, 3.05) is 11.9 Å². The second-order valence-corrected chi connectivity index (χ2v) is 5.17. The van der Waals surface area contributed by atoms with E-state index >= 15 is 0 Å². The summed E-state index contributed by atoms with van der Waals surface area (Å²) in [6.45, 7) is 2.95. The Morgan fingerprint density at radius 1 is 1.35 bits per heavy atom. The van der Waals surface area contributed by atoms with Gasteiger partial charge in [0.25, 0.3) is 0 Å². The van der Waals surface area contributed by atoms with E-state index in [0.29, 0.717) is 21.7 Å². The van der Waals surface area contributed by atoms with Crippen LogP contribution in [-0.4, -0.2) is 16.5 Å². The quantitative estimate of drug-likeness (QED) is 0.817. The third-order valence-electron chi connectivity index (χ3n) is 2.41. The van der Waals surface area contributed by atoms with Crippen molar-refractivity contribution in [3.05, 3.63) is 45.5 Å². The van der Waals surface area contributed by atoms with Gasteiger partial charge in [-0.05, 0) is 28.9 Å². The predicted molar refractivity (Wildman–Crippen MR) is 79.6 cm³/mol. The number of aromatic nitrogens is 2. The van der Waals surface area contributed by atoms with Crippen molar-refractivity contribution in [2.45, 2.75) is 13.5 Å². The highest BCUT2D eigenvalue weighted by Crippen LogP contribution is 2.30. The SMILES string of the molecule is CCNc1cnc(COc2cc(F)c(Cl)cc2Br)cn1. The number of rotatable bonds is 5. The van der Waals surface area contributed by atoms with Gasteiger partial charge in [0.2, 0.25) is 0 Å². The molecule has 1 aromatic heterocycles. The summed E-state index contributed by atoms with van der Waals surface area (Å²) in [4.78, 5) is 8.37. The number of nitrogens with zero attached hydrogens (tertiary/aromatic N) is 2. The van der Waals surface area contributed by atoms with Gasteiger partial charge in [-0.15, -0.1) is 0 Å². The molecule has 0 spiro atoms. The minimum atomic E-state index is -0.529. The van der Waals surface area contributed by atoms with Gasteiger partial charge < -0.3 is 10.1 Å². The van der Waals surface area contributed by atoms with Crippen molar-refractivity contribution in [3.63, 3.8) is 0 Å². The van der Waals surface area contributed by atoms with Crippen molar-refractivity contribution in [3.8, 4) is 5.75 Å². The highest BCUT2D eigenvalue weighted by molar-refractivity contribution is 9.10. The van der Waals surface area contributed by atoms with Crippen LogP contribution in [0, 0.1) is 5.82 Å². The van der Waals surface area contributed by atoms with Crippen molar-refractivity contribution in [2.24, 2.45) is 0 Å². The number of hydrogen-bond donors (Lipinski definition) is 1. The summed E-state index contributed by atoms with van der Waals surface area (Å²) in [6.07, 6.45) is 3.23. The number of ether oxygens (including phenoxy) is 1. The van der Waals surface area contributed by atoms with Gasteiger partial charge in [0.15, 0.2) is 0 Å². The molecule has 0 radical (unpaired) electrons. The summed E-state index contributed by atoms with van der Waals surface area (Å²) in [5, 5.41) is 3.09. The van der Waals surface area contributed by atoms with Gasteiger partial charge in [-0.25, -0.2) is 9.37 Å². The average molecular weight is 361 g/mol. The normalized spacial score (nSPS) is 10.4. The van der Waals surface area contributed by atoms with E-state index < -0.39 is 5.82 Å². The Balaban J connectivity index is 2.03. The van der Waals surface area contributed by atoms with Gasteiger partial charge in [-0.2, -0.15) is 0 Å². The third-order valence-corrected chi connectivity index (χ3v) is 3.32. The van der Waals surface area contributed by atoms with Crippen LogP contribution < -0.4 is 10.1 Å². The molecular formula is C13H12BrClFN3O. The summed E-state index contributed by atoms with van der Waals surface area (Å²) < 4.78 is 19.4. The van der Waals surface area contributed by atoms with E-state index in [1.54, 1.807) is 12.4 Å². The highest BCUT2D eigenvalue weighted by atomic mass is 79.9. The smallest absolute Gasteiger partial charge is 0.145 e. The third kappa shape index (κ3) is 3.80. The lowest BCUT2D eigenvalue weighted by atomic mass is 10.3. The zero-order chi connectivity index (χ0) is 14.5. The monoisotopic (exact) mass is 359 g/mol. The fourth-order valence-corrected chi connectivity index (χ4v) is 2.22. The molecule has 0 atom stereocenters. The van der Waals surface area contributed by atoms with E-state index in [1.165, 1.54) is 12.1 Å². The molecule has 1 heterocycles. The molecule has 4 nitrogen and oxygen atoms in total. The summed E-state index contributed by atoms with van der Waals surface area (Å²) in [6, 6.07) is 2.68. The second kappa shape index (κ2) is 6.85. The van der Waals surface area contributed by atoms with E-state index in [4.69, 9.17) is 16.3 Å².